The molecule has 5 nitrogen and oxygen atoms in total. The first kappa shape index (κ1) is 16.6. The summed E-state index contributed by atoms with van der Waals surface area (Å²) in [6.45, 7) is 1.73. The molecule has 1 saturated carbocycles. The van der Waals surface area contributed by atoms with Gasteiger partial charge in [-0.1, -0.05) is 36.8 Å². The second-order valence-electron chi connectivity index (χ2n) is 6.86. The lowest BCUT2D eigenvalue weighted by atomic mass is 9.84. The van der Waals surface area contributed by atoms with Crippen molar-refractivity contribution in [2.75, 3.05) is 0 Å². The standard InChI is InChI=1S/C21H23N3O2/c25-21(18-8-4-9-18)24(15-19-10-5-13-26-19)16-20-22-11-12-23(20)14-17-6-2-1-3-7-17/h1-3,5-7,10-13,18H,4,8-9,14-16H2. The predicted octanol–water partition coefficient (Wildman–Crippen LogP) is 3.85. The van der Waals surface area contributed by atoms with Gasteiger partial charge in [-0.05, 0) is 30.5 Å². The van der Waals surface area contributed by atoms with Gasteiger partial charge in [0, 0.05) is 24.9 Å². The van der Waals surface area contributed by atoms with E-state index in [0.717, 1.165) is 37.4 Å². The molecule has 0 atom stereocenters. The highest BCUT2D eigenvalue weighted by atomic mass is 16.3. The Morgan fingerprint density at radius 3 is 2.69 bits per heavy atom. The molecule has 1 aromatic carbocycles. The number of carbonyl (C=O) groups excluding carboxylic acids is 1. The fourth-order valence-corrected chi connectivity index (χ4v) is 3.30. The summed E-state index contributed by atoms with van der Waals surface area (Å²) in [5, 5.41) is 0. The van der Waals surface area contributed by atoms with Crippen molar-refractivity contribution >= 4 is 5.91 Å². The van der Waals surface area contributed by atoms with E-state index in [1.807, 2.05) is 41.4 Å². The number of carbonyl (C=O) groups is 1. The van der Waals surface area contributed by atoms with Crippen molar-refractivity contribution in [3.63, 3.8) is 0 Å². The van der Waals surface area contributed by atoms with Gasteiger partial charge in [0.2, 0.25) is 5.91 Å². The molecule has 134 valence electrons. The quantitative estimate of drug-likeness (QED) is 0.651. The van der Waals surface area contributed by atoms with Crippen LogP contribution in [0.5, 0.6) is 0 Å². The number of furan rings is 1. The molecule has 4 rings (SSSR count). The van der Waals surface area contributed by atoms with Crippen molar-refractivity contribution in [3.8, 4) is 0 Å². The number of imidazole rings is 1. The molecule has 0 bridgehead atoms. The Kier molecular flexibility index (Phi) is 4.86. The Labute approximate surface area is 153 Å². The minimum absolute atomic E-state index is 0.155. The van der Waals surface area contributed by atoms with E-state index in [1.54, 1.807) is 12.5 Å². The minimum atomic E-state index is 0.155. The van der Waals surface area contributed by atoms with E-state index < -0.39 is 0 Å². The Morgan fingerprint density at radius 1 is 1.15 bits per heavy atom. The summed E-state index contributed by atoms with van der Waals surface area (Å²) in [6.07, 6.45) is 8.56. The molecule has 2 aromatic heterocycles. The van der Waals surface area contributed by atoms with Crippen LogP contribution in [0.1, 0.15) is 36.4 Å². The highest BCUT2D eigenvalue weighted by Crippen LogP contribution is 2.29. The van der Waals surface area contributed by atoms with Crippen LogP contribution in [0.25, 0.3) is 0 Å². The van der Waals surface area contributed by atoms with Crippen LogP contribution in [-0.4, -0.2) is 20.4 Å². The first-order valence-electron chi connectivity index (χ1n) is 9.15. The van der Waals surface area contributed by atoms with Gasteiger partial charge in [-0.25, -0.2) is 4.98 Å². The fourth-order valence-electron chi connectivity index (χ4n) is 3.30. The third kappa shape index (κ3) is 3.72. The second-order valence-corrected chi connectivity index (χ2v) is 6.86. The van der Waals surface area contributed by atoms with Crippen LogP contribution in [0.3, 0.4) is 0 Å². The molecule has 0 spiro atoms. The number of rotatable bonds is 7. The van der Waals surface area contributed by atoms with Gasteiger partial charge in [0.15, 0.2) is 0 Å². The summed E-state index contributed by atoms with van der Waals surface area (Å²) < 4.78 is 7.58. The van der Waals surface area contributed by atoms with Crippen molar-refractivity contribution in [2.45, 2.75) is 38.9 Å². The molecule has 1 amide bonds. The highest BCUT2D eigenvalue weighted by Gasteiger charge is 2.30. The SMILES string of the molecule is O=C(C1CCC1)N(Cc1ccco1)Cc1nccn1Cc1ccccc1. The molecule has 0 radical (unpaired) electrons. The molecule has 0 aliphatic heterocycles. The summed E-state index contributed by atoms with van der Waals surface area (Å²) in [7, 11) is 0. The number of hydrogen-bond donors (Lipinski definition) is 0. The zero-order valence-electron chi connectivity index (χ0n) is 14.8. The smallest absolute Gasteiger partial charge is 0.226 e. The van der Waals surface area contributed by atoms with Crippen LogP contribution in [0.4, 0.5) is 0 Å². The normalized spacial score (nSPS) is 14.2. The van der Waals surface area contributed by atoms with E-state index in [-0.39, 0.29) is 11.8 Å². The van der Waals surface area contributed by atoms with E-state index >= 15 is 0 Å². The first-order chi connectivity index (χ1) is 12.8. The maximum atomic E-state index is 12.9. The first-order valence-corrected chi connectivity index (χ1v) is 9.15. The van der Waals surface area contributed by atoms with E-state index in [2.05, 4.69) is 21.7 Å². The van der Waals surface area contributed by atoms with Gasteiger partial charge < -0.3 is 13.9 Å². The molecule has 26 heavy (non-hydrogen) atoms. The van der Waals surface area contributed by atoms with Crippen LogP contribution in [0, 0.1) is 5.92 Å². The minimum Gasteiger partial charge on any atom is -0.467 e. The summed E-state index contributed by atoms with van der Waals surface area (Å²) >= 11 is 0. The lowest BCUT2D eigenvalue weighted by Gasteiger charge is -2.31. The summed E-state index contributed by atoms with van der Waals surface area (Å²) in [4.78, 5) is 19.3. The maximum Gasteiger partial charge on any atom is 0.226 e. The third-order valence-electron chi connectivity index (χ3n) is 5.02. The average molecular weight is 349 g/mol. The highest BCUT2D eigenvalue weighted by molar-refractivity contribution is 5.79. The van der Waals surface area contributed by atoms with Gasteiger partial charge >= 0.3 is 0 Å². The van der Waals surface area contributed by atoms with Gasteiger partial charge in [-0.2, -0.15) is 0 Å². The number of benzene rings is 1. The number of amides is 1. The summed E-state index contributed by atoms with van der Waals surface area (Å²) in [5.41, 5.74) is 1.22. The van der Waals surface area contributed by atoms with Gasteiger partial charge in [-0.3, -0.25) is 4.79 Å². The van der Waals surface area contributed by atoms with Crippen LogP contribution in [-0.2, 0) is 24.4 Å². The summed E-state index contributed by atoms with van der Waals surface area (Å²) in [6, 6.07) is 14.1. The summed E-state index contributed by atoms with van der Waals surface area (Å²) in [5.74, 6) is 2.07. The van der Waals surface area contributed by atoms with Crippen molar-refractivity contribution < 1.29 is 9.21 Å². The molecular formula is C21H23N3O2. The molecule has 0 saturated heterocycles. The Balaban J connectivity index is 1.52. The molecule has 0 unspecified atom stereocenters. The lowest BCUT2D eigenvalue weighted by molar-refractivity contribution is -0.139. The Hall–Kier alpha value is -2.82. The molecule has 2 heterocycles. The largest absolute Gasteiger partial charge is 0.467 e. The molecule has 1 fully saturated rings. The molecular weight excluding hydrogens is 326 g/mol. The number of hydrogen-bond acceptors (Lipinski definition) is 3. The lowest BCUT2D eigenvalue weighted by Crippen LogP contribution is -2.38. The molecule has 1 aliphatic carbocycles. The van der Waals surface area contributed by atoms with E-state index in [4.69, 9.17) is 4.42 Å². The average Bonchev–Trinajstić information content (AvgIpc) is 3.26. The van der Waals surface area contributed by atoms with E-state index in [0.29, 0.717) is 13.1 Å². The fraction of sp³-hybridized carbons (Fsp3) is 0.333. The number of aromatic nitrogens is 2. The monoisotopic (exact) mass is 349 g/mol. The zero-order chi connectivity index (χ0) is 17.8. The number of nitrogens with zero attached hydrogens (tertiary/aromatic N) is 3. The predicted molar refractivity (Wildman–Crippen MR) is 98.1 cm³/mol. The van der Waals surface area contributed by atoms with Crippen LogP contribution in [0.2, 0.25) is 0 Å². The molecule has 5 heteroatoms. The Bertz CT molecular complexity index is 835. The Morgan fingerprint density at radius 2 is 2.00 bits per heavy atom. The molecule has 1 aliphatic rings. The van der Waals surface area contributed by atoms with Gasteiger partial charge in [0.05, 0.1) is 19.4 Å². The molecule has 3 aromatic rings. The molecule has 0 N–H and O–H groups in total. The van der Waals surface area contributed by atoms with Crippen LogP contribution in [0.15, 0.2) is 65.5 Å². The van der Waals surface area contributed by atoms with Crippen molar-refractivity contribution in [1.29, 1.82) is 0 Å². The van der Waals surface area contributed by atoms with Gasteiger partial charge in [-0.15, -0.1) is 0 Å². The van der Waals surface area contributed by atoms with Crippen molar-refractivity contribution in [2.24, 2.45) is 5.92 Å². The van der Waals surface area contributed by atoms with Gasteiger partial charge in [0.25, 0.3) is 0 Å². The third-order valence-corrected chi connectivity index (χ3v) is 5.02. The van der Waals surface area contributed by atoms with Crippen molar-refractivity contribution in [3.05, 3.63) is 78.3 Å². The second kappa shape index (κ2) is 7.60. The van der Waals surface area contributed by atoms with Gasteiger partial charge in [0.1, 0.15) is 11.6 Å². The zero-order valence-corrected chi connectivity index (χ0v) is 14.8. The topological polar surface area (TPSA) is 51.3 Å². The van der Waals surface area contributed by atoms with Crippen LogP contribution >= 0.6 is 0 Å². The van der Waals surface area contributed by atoms with E-state index in [1.165, 1.54) is 5.56 Å². The maximum absolute atomic E-state index is 12.9. The van der Waals surface area contributed by atoms with Crippen molar-refractivity contribution in [1.82, 2.24) is 14.5 Å². The van der Waals surface area contributed by atoms with E-state index in [9.17, 15) is 4.79 Å². The van der Waals surface area contributed by atoms with Crippen LogP contribution < -0.4 is 0 Å².